The van der Waals surface area contributed by atoms with Crippen LogP contribution in [-0.2, 0) is 4.74 Å². The number of methoxy groups -OCH3 is 1. The zero-order chi connectivity index (χ0) is 15.9. The first-order valence-corrected chi connectivity index (χ1v) is 7.04. The average molecular weight is 301 g/mol. The van der Waals surface area contributed by atoms with E-state index in [0.29, 0.717) is 23.4 Å². The molecule has 0 aliphatic heterocycles. The molecule has 1 atom stereocenters. The van der Waals surface area contributed by atoms with Crippen molar-refractivity contribution >= 4 is 23.4 Å². The molecule has 1 aromatic carbocycles. The van der Waals surface area contributed by atoms with Crippen LogP contribution in [0.4, 0.5) is 17.5 Å². The highest BCUT2D eigenvalue weighted by molar-refractivity contribution is 5.89. The lowest BCUT2D eigenvalue weighted by Crippen LogP contribution is -2.15. The molecule has 0 bridgehead atoms. The van der Waals surface area contributed by atoms with Gasteiger partial charge in [0, 0.05) is 11.7 Å². The average Bonchev–Trinajstić information content (AvgIpc) is 2.55. The molecule has 0 saturated carbocycles. The van der Waals surface area contributed by atoms with E-state index < -0.39 is 0 Å². The number of benzene rings is 1. The molecule has 2 aromatic rings. The first-order chi connectivity index (χ1) is 10.6. The van der Waals surface area contributed by atoms with Gasteiger partial charge in [-0.2, -0.15) is 10.1 Å². The summed E-state index contributed by atoms with van der Waals surface area (Å²) in [6.07, 6.45) is 2.57. The molecule has 22 heavy (non-hydrogen) atoms. The van der Waals surface area contributed by atoms with Gasteiger partial charge in [0.2, 0.25) is 5.95 Å². The second-order valence-electron chi connectivity index (χ2n) is 4.81. The Morgan fingerprint density at radius 2 is 2.05 bits per heavy atom. The molecule has 116 valence electrons. The molecule has 0 radical (unpaired) electrons. The Labute approximate surface area is 129 Å². The number of nitrogens with zero attached hydrogens (tertiary/aromatic N) is 3. The highest BCUT2D eigenvalue weighted by Gasteiger charge is 2.06. The van der Waals surface area contributed by atoms with Crippen LogP contribution in [0.25, 0.3) is 0 Å². The van der Waals surface area contributed by atoms with Gasteiger partial charge < -0.3 is 15.4 Å². The van der Waals surface area contributed by atoms with E-state index in [4.69, 9.17) is 0 Å². The van der Waals surface area contributed by atoms with Crippen LogP contribution in [0.15, 0.2) is 30.5 Å². The van der Waals surface area contributed by atoms with Gasteiger partial charge >= 0.3 is 5.97 Å². The molecule has 7 heteroatoms. The van der Waals surface area contributed by atoms with E-state index in [1.165, 1.54) is 7.11 Å². The number of aromatic nitrogens is 3. The van der Waals surface area contributed by atoms with Crippen molar-refractivity contribution in [1.29, 1.82) is 0 Å². The van der Waals surface area contributed by atoms with Gasteiger partial charge in [-0.25, -0.2) is 4.79 Å². The number of nitrogens with one attached hydrogen (secondary N) is 2. The quantitative estimate of drug-likeness (QED) is 0.793. The summed E-state index contributed by atoms with van der Waals surface area (Å²) in [5.74, 6) is 0.682. The Bertz CT molecular complexity index is 630. The van der Waals surface area contributed by atoms with Crippen molar-refractivity contribution in [3.05, 3.63) is 36.0 Å². The SMILES string of the molecule is CCC(C)Nc1cnnc(Nc2ccc(C(=O)OC)cc2)n1. The standard InChI is InChI=1S/C15H19N5O2/c1-4-10(2)17-13-9-16-20-15(19-13)18-12-7-5-11(6-8-12)14(21)22-3/h5-10H,4H2,1-3H3,(H2,17,18,19,20). The zero-order valence-corrected chi connectivity index (χ0v) is 12.8. The van der Waals surface area contributed by atoms with Gasteiger partial charge in [-0.05, 0) is 37.6 Å². The van der Waals surface area contributed by atoms with Crippen molar-refractivity contribution in [2.45, 2.75) is 26.3 Å². The van der Waals surface area contributed by atoms with Gasteiger partial charge in [0.1, 0.15) is 0 Å². The third kappa shape index (κ3) is 4.15. The first kappa shape index (κ1) is 15.7. The number of hydrogen-bond donors (Lipinski definition) is 2. The summed E-state index contributed by atoms with van der Waals surface area (Å²) >= 11 is 0. The van der Waals surface area contributed by atoms with Crippen LogP contribution < -0.4 is 10.6 Å². The van der Waals surface area contributed by atoms with Crippen LogP contribution in [0.2, 0.25) is 0 Å². The smallest absolute Gasteiger partial charge is 0.337 e. The van der Waals surface area contributed by atoms with Crippen molar-refractivity contribution in [3.8, 4) is 0 Å². The van der Waals surface area contributed by atoms with Crippen LogP contribution >= 0.6 is 0 Å². The highest BCUT2D eigenvalue weighted by Crippen LogP contribution is 2.15. The Morgan fingerprint density at radius 1 is 1.32 bits per heavy atom. The molecule has 2 N–H and O–H groups in total. The minimum absolute atomic E-state index is 0.309. The number of rotatable bonds is 6. The van der Waals surface area contributed by atoms with Gasteiger partial charge in [0.15, 0.2) is 5.82 Å². The molecule has 2 rings (SSSR count). The molecule has 0 fully saturated rings. The second kappa shape index (κ2) is 7.35. The lowest BCUT2D eigenvalue weighted by molar-refractivity contribution is 0.0601. The van der Waals surface area contributed by atoms with Gasteiger partial charge in [-0.3, -0.25) is 0 Å². The van der Waals surface area contributed by atoms with Crippen molar-refractivity contribution in [2.24, 2.45) is 0 Å². The zero-order valence-electron chi connectivity index (χ0n) is 12.8. The lowest BCUT2D eigenvalue weighted by Gasteiger charge is -2.12. The first-order valence-electron chi connectivity index (χ1n) is 7.04. The van der Waals surface area contributed by atoms with Crippen LogP contribution in [0, 0.1) is 0 Å². The number of carbonyl (C=O) groups is 1. The minimum Gasteiger partial charge on any atom is -0.465 e. The fourth-order valence-electron chi connectivity index (χ4n) is 1.72. The Kier molecular flexibility index (Phi) is 5.24. The predicted octanol–water partition coefficient (Wildman–Crippen LogP) is 2.61. The minimum atomic E-state index is -0.371. The maximum absolute atomic E-state index is 11.4. The summed E-state index contributed by atoms with van der Waals surface area (Å²) in [5, 5.41) is 14.1. The fourth-order valence-corrected chi connectivity index (χ4v) is 1.72. The molecule has 0 aliphatic rings. The molecule has 7 nitrogen and oxygen atoms in total. The molecule has 0 spiro atoms. The van der Waals surface area contributed by atoms with Gasteiger partial charge in [0.05, 0.1) is 18.9 Å². The molecule has 1 aromatic heterocycles. The van der Waals surface area contributed by atoms with E-state index in [9.17, 15) is 4.79 Å². The monoisotopic (exact) mass is 301 g/mol. The normalized spacial score (nSPS) is 11.6. The van der Waals surface area contributed by atoms with Crippen molar-refractivity contribution in [1.82, 2.24) is 15.2 Å². The summed E-state index contributed by atoms with van der Waals surface area (Å²) in [6.45, 7) is 4.16. The van der Waals surface area contributed by atoms with Crippen LogP contribution in [0.3, 0.4) is 0 Å². The molecule has 1 unspecified atom stereocenters. The lowest BCUT2D eigenvalue weighted by atomic mass is 10.2. The number of anilines is 3. The number of ether oxygens (including phenoxy) is 1. The van der Waals surface area contributed by atoms with E-state index >= 15 is 0 Å². The van der Waals surface area contributed by atoms with Crippen molar-refractivity contribution < 1.29 is 9.53 Å². The van der Waals surface area contributed by atoms with Gasteiger partial charge in [-0.1, -0.05) is 6.92 Å². The van der Waals surface area contributed by atoms with Crippen molar-refractivity contribution in [2.75, 3.05) is 17.7 Å². The molecule has 0 amide bonds. The van der Waals surface area contributed by atoms with E-state index in [-0.39, 0.29) is 5.97 Å². The Hall–Kier alpha value is -2.70. The Morgan fingerprint density at radius 3 is 2.68 bits per heavy atom. The summed E-state index contributed by atoms with van der Waals surface area (Å²) in [5.41, 5.74) is 1.24. The predicted molar refractivity (Wildman–Crippen MR) is 84.3 cm³/mol. The Balaban J connectivity index is 2.07. The van der Waals surface area contributed by atoms with E-state index in [0.717, 1.165) is 12.1 Å². The molecule has 0 saturated heterocycles. The molecule has 1 heterocycles. The fraction of sp³-hybridized carbons (Fsp3) is 0.333. The maximum Gasteiger partial charge on any atom is 0.337 e. The van der Waals surface area contributed by atoms with Crippen LogP contribution in [0.5, 0.6) is 0 Å². The third-order valence-electron chi connectivity index (χ3n) is 3.13. The largest absolute Gasteiger partial charge is 0.465 e. The summed E-state index contributed by atoms with van der Waals surface area (Å²) in [7, 11) is 1.35. The van der Waals surface area contributed by atoms with Crippen molar-refractivity contribution in [3.63, 3.8) is 0 Å². The summed E-state index contributed by atoms with van der Waals surface area (Å²) in [6, 6.07) is 7.16. The molecular formula is C15H19N5O2. The van der Waals surface area contributed by atoms with E-state index in [2.05, 4.69) is 44.4 Å². The maximum atomic E-state index is 11.4. The summed E-state index contributed by atoms with van der Waals surface area (Å²) < 4.78 is 4.66. The summed E-state index contributed by atoms with van der Waals surface area (Å²) in [4.78, 5) is 15.7. The number of hydrogen-bond acceptors (Lipinski definition) is 7. The molecular weight excluding hydrogens is 282 g/mol. The molecule has 0 aliphatic carbocycles. The number of esters is 1. The van der Waals surface area contributed by atoms with E-state index in [1.807, 2.05) is 0 Å². The van der Waals surface area contributed by atoms with Crippen LogP contribution in [0.1, 0.15) is 30.6 Å². The second-order valence-corrected chi connectivity index (χ2v) is 4.81. The topological polar surface area (TPSA) is 89.0 Å². The van der Waals surface area contributed by atoms with Crippen LogP contribution in [-0.4, -0.2) is 34.3 Å². The highest BCUT2D eigenvalue weighted by atomic mass is 16.5. The van der Waals surface area contributed by atoms with Gasteiger partial charge in [-0.15, -0.1) is 5.10 Å². The third-order valence-corrected chi connectivity index (χ3v) is 3.13. The van der Waals surface area contributed by atoms with E-state index in [1.54, 1.807) is 30.5 Å². The van der Waals surface area contributed by atoms with Gasteiger partial charge in [0.25, 0.3) is 0 Å². The number of carbonyl (C=O) groups excluding carboxylic acids is 1.